The van der Waals surface area contributed by atoms with Crippen molar-refractivity contribution in [2.24, 2.45) is 0 Å². The van der Waals surface area contributed by atoms with Crippen LogP contribution >= 0.6 is 63.7 Å². The molecule has 0 amide bonds. The predicted molar refractivity (Wildman–Crippen MR) is 127 cm³/mol. The maximum Gasteiger partial charge on any atom is 0.107 e. The molecule has 0 radical (unpaired) electrons. The lowest BCUT2D eigenvalue weighted by Gasteiger charge is -1.98. The average molecular weight is 630 g/mol. The van der Waals surface area contributed by atoms with Gasteiger partial charge in [0.1, 0.15) is 18.4 Å². The SMILES string of the molecule is Brc1cccc(-c2ccccn2)n1.Brc1cccc(Br)n1.Brc1ccccn1. The van der Waals surface area contributed by atoms with Crippen LogP contribution < -0.4 is 0 Å². The minimum atomic E-state index is 0.829. The number of rotatable bonds is 1. The predicted octanol–water partition coefficient (Wildman–Crippen LogP) is 7.36. The van der Waals surface area contributed by atoms with Crippen molar-refractivity contribution < 1.29 is 0 Å². The first-order valence-electron chi connectivity index (χ1n) is 7.93. The largest absolute Gasteiger partial charge is 0.255 e. The van der Waals surface area contributed by atoms with Crippen molar-refractivity contribution in [2.45, 2.75) is 0 Å². The molecule has 0 unspecified atom stereocenters. The van der Waals surface area contributed by atoms with Gasteiger partial charge in [-0.25, -0.2) is 15.0 Å². The molecule has 0 aliphatic carbocycles. The zero-order chi connectivity index (χ0) is 20.2. The van der Waals surface area contributed by atoms with Crippen molar-refractivity contribution in [3.05, 3.63) is 104 Å². The van der Waals surface area contributed by atoms with Gasteiger partial charge in [-0.2, -0.15) is 0 Å². The molecule has 0 N–H and O–H groups in total. The summed E-state index contributed by atoms with van der Waals surface area (Å²) in [5, 5.41) is 0. The summed E-state index contributed by atoms with van der Waals surface area (Å²) in [6, 6.07) is 22.9. The van der Waals surface area contributed by atoms with Crippen LogP contribution in [0.15, 0.2) is 104 Å². The molecule has 0 aromatic carbocycles. The summed E-state index contributed by atoms with van der Waals surface area (Å²) >= 11 is 13.0. The topological polar surface area (TPSA) is 51.6 Å². The van der Waals surface area contributed by atoms with Gasteiger partial charge in [-0.1, -0.05) is 24.3 Å². The summed E-state index contributed by atoms with van der Waals surface area (Å²) in [4.78, 5) is 16.4. The van der Waals surface area contributed by atoms with Gasteiger partial charge in [-0.05, 0) is 112 Å². The summed E-state index contributed by atoms with van der Waals surface area (Å²) < 4.78 is 3.42. The number of halogens is 4. The van der Waals surface area contributed by atoms with Crippen LogP contribution in [0.5, 0.6) is 0 Å². The average Bonchev–Trinajstić information content (AvgIpc) is 2.70. The van der Waals surface area contributed by atoms with E-state index >= 15 is 0 Å². The molecule has 0 fully saturated rings. The van der Waals surface area contributed by atoms with E-state index in [4.69, 9.17) is 0 Å². The molecule has 0 aliphatic rings. The second-order valence-electron chi connectivity index (χ2n) is 5.00. The lowest BCUT2D eigenvalue weighted by atomic mass is 10.2. The van der Waals surface area contributed by atoms with Crippen LogP contribution in [0, 0.1) is 0 Å². The molecule has 4 nitrogen and oxygen atoms in total. The molecule has 0 saturated carbocycles. The Kier molecular flexibility index (Phi) is 10.5. The molecule has 4 aromatic heterocycles. The molecule has 0 bridgehead atoms. The maximum atomic E-state index is 4.30. The maximum absolute atomic E-state index is 4.30. The van der Waals surface area contributed by atoms with Crippen LogP contribution in [0.25, 0.3) is 11.4 Å². The third-order valence-corrected chi connectivity index (χ3v) is 4.75. The fraction of sp³-hybridized carbons (Fsp3) is 0. The first-order valence-corrected chi connectivity index (χ1v) is 11.1. The number of hydrogen-bond donors (Lipinski definition) is 0. The number of pyridine rings is 4. The lowest BCUT2D eigenvalue weighted by Crippen LogP contribution is -1.85. The molecule has 0 atom stereocenters. The van der Waals surface area contributed by atoms with Crippen LogP contribution in [0.4, 0.5) is 0 Å². The molecule has 0 aliphatic heterocycles. The highest BCUT2D eigenvalue weighted by Gasteiger charge is 1.98. The van der Waals surface area contributed by atoms with Gasteiger partial charge in [-0.3, -0.25) is 4.98 Å². The zero-order valence-electron chi connectivity index (χ0n) is 14.4. The summed E-state index contributed by atoms with van der Waals surface area (Å²) in [5.74, 6) is 0. The van der Waals surface area contributed by atoms with E-state index in [1.54, 1.807) is 12.4 Å². The summed E-state index contributed by atoms with van der Waals surface area (Å²) in [7, 11) is 0. The van der Waals surface area contributed by atoms with Gasteiger partial charge < -0.3 is 0 Å². The fourth-order valence-corrected chi connectivity index (χ4v) is 3.33. The summed E-state index contributed by atoms with van der Waals surface area (Å²) in [6.45, 7) is 0. The molecule has 4 aromatic rings. The summed E-state index contributed by atoms with van der Waals surface area (Å²) in [6.07, 6.45) is 3.50. The van der Waals surface area contributed by atoms with Gasteiger partial charge in [0, 0.05) is 12.4 Å². The molecule has 4 heterocycles. The third-order valence-electron chi connectivity index (χ3n) is 2.95. The Balaban J connectivity index is 0.000000161. The van der Waals surface area contributed by atoms with Gasteiger partial charge in [0.15, 0.2) is 0 Å². The standard InChI is InChI=1S/C10H7BrN2.C5H3Br2N.C5H4BrN/c11-10-6-3-5-9(13-10)8-4-1-2-7-12-8;6-4-2-1-3-5(7)8-4;6-5-3-1-2-4-7-5/h1-7H;1-3H;1-4H. The van der Waals surface area contributed by atoms with E-state index in [-0.39, 0.29) is 0 Å². The van der Waals surface area contributed by atoms with E-state index in [0.29, 0.717) is 0 Å². The minimum absolute atomic E-state index is 0.829. The van der Waals surface area contributed by atoms with E-state index in [1.165, 1.54) is 0 Å². The molecule has 0 spiro atoms. The Bertz CT molecular complexity index is 953. The van der Waals surface area contributed by atoms with Crippen molar-refractivity contribution in [1.82, 2.24) is 19.9 Å². The van der Waals surface area contributed by atoms with Gasteiger partial charge in [0.05, 0.1) is 11.4 Å². The smallest absolute Gasteiger partial charge is 0.107 e. The second kappa shape index (κ2) is 12.9. The van der Waals surface area contributed by atoms with Crippen LogP contribution in [0.3, 0.4) is 0 Å². The number of hydrogen-bond acceptors (Lipinski definition) is 4. The Hall–Kier alpha value is -1.48. The molecular formula is C20H14Br4N4. The number of nitrogens with zero attached hydrogens (tertiary/aromatic N) is 4. The van der Waals surface area contributed by atoms with Gasteiger partial charge in [-0.15, -0.1) is 0 Å². The third kappa shape index (κ3) is 9.14. The first-order chi connectivity index (χ1) is 13.5. The van der Waals surface area contributed by atoms with Crippen molar-refractivity contribution in [3.8, 4) is 11.4 Å². The van der Waals surface area contributed by atoms with Gasteiger partial charge in [0.2, 0.25) is 0 Å². The van der Waals surface area contributed by atoms with Gasteiger partial charge in [0.25, 0.3) is 0 Å². The van der Waals surface area contributed by atoms with Crippen molar-refractivity contribution >= 4 is 63.7 Å². The van der Waals surface area contributed by atoms with E-state index in [0.717, 1.165) is 29.8 Å². The molecule has 142 valence electrons. The van der Waals surface area contributed by atoms with Crippen molar-refractivity contribution in [3.63, 3.8) is 0 Å². The monoisotopic (exact) mass is 626 g/mol. The van der Waals surface area contributed by atoms with E-state index in [2.05, 4.69) is 83.7 Å². The Labute approximate surface area is 197 Å². The Morgan fingerprint density at radius 2 is 0.929 bits per heavy atom. The highest BCUT2D eigenvalue weighted by Crippen LogP contribution is 2.15. The fourth-order valence-electron chi connectivity index (χ4n) is 1.79. The van der Waals surface area contributed by atoms with Crippen LogP contribution in [-0.2, 0) is 0 Å². The molecular weight excluding hydrogens is 616 g/mol. The molecule has 8 heteroatoms. The first kappa shape index (κ1) is 22.8. The lowest BCUT2D eigenvalue weighted by molar-refractivity contribution is 1.22. The minimum Gasteiger partial charge on any atom is -0.255 e. The summed E-state index contributed by atoms with van der Waals surface area (Å²) in [5.41, 5.74) is 1.78. The van der Waals surface area contributed by atoms with Crippen molar-refractivity contribution in [1.29, 1.82) is 0 Å². The van der Waals surface area contributed by atoms with Crippen LogP contribution in [-0.4, -0.2) is 19.9 Å². The van der Waals surface area contributed by atoms with E-state index in [1.807, 2.05) is 72.8 Å². The second-order valence-corrected chi connectivity index (χ2v) is 8.25. The Morgan fingerprint density at radius 3 is 1.32 bits per heavy atom. The molecule has 0 saturated heterocycles. The highest BCUT2D eigenvalue weighted by atomic mass is 79.9. The number of aromatic nitrogens is 4. The van der Waals surface area contributed by atoms with E-state index in [9.17, 15) is 0 Å². The quantitative estimate of drug-likeness (QED) is 0.207. The Morgan fingerprint density at radius 1 is 0.429 bits per heavy atom. The van der Waals surface area contributed by atoms with Crippen LogP contribution in [0.2, 0.25) is 0 Å². The molecule has 4 rings (SSSR count). The van der Waals surface area contributed by atoms with Gasteiger partial charge >= 0.3 is 0 Å². The zero-order valence-corrected chi connectivity index (χ0v) is 20.7. The molecule has 28 heavy (non-hydrogen) atoms. The van der Waals surface area contributed by atoms with E-state index < -0.39 is 0 Å². The highest BCUT2D eigenvalue weighted by molar-refractivity contribution is 9.11. The van der Waals surface area contributed by atoms with Crippen LogP contribution in [0.1, 0.15) is 0 Å². The van der Waals surface area contributed by atoms with Crippen molar-refractivity contribution in [2.75, 3.05) is 0 Å². The normalized spacial score (nSPS) is 9.43.